The Morgan fingerprint density at radius 3 is 2.67 bits per heavy atom. The molecule has 0 unspecified atom stereocenters. The number of rotatable bonds is 3. The number of halogens is 3. The van der Waals surface area contributed by atoms with E-state index in [0.717, 1.165) is 4.57 Å². The quantitative estimate of drug-likeness (QED) is 0.673. The minimum absolute atomic E-state index is 0.270. The predicted molar refractivity (Wildman–Crippen MR) is 63.3 cm³/mol. The molecule has 0 atom stereocenters. The fourth-order valence-electron chi connectivity index (χ4n) is 1.87. The molecule has 2 heterocycles. The molecule has 1 aromatic rings. The molecule has 0 fully saturated rings. The van der Waals surface area contributed by atoms with Gasteiger partial charge in [0.2, 0.25) is 5.82 Å². The van der Waals surface area contributed by atoms with E-state index < -0.39 is 12.0 Å². The molecule has 2 rings (SSSR count). The molecule has 0 amide bonds. The minimum Gasteiger partial charge on any atom is -0.305 e. The molecule has 1 aliphatic rings. The first-order chi connectivity index (χ1) is 8.52. The first-order valence-electron chi connectivity index (χ1n) is 5.50. The summed E-state index contributed by atoms with van der Waals surface area (Å²) in [6, 6.07) is 0. The van der Waals surface area contributed by atoms with E-state index in [-0.39, 0.29) is 6.54 Å². The summed E-state index contributed by atoms with van der Waals surface area (Å²) < 4.78 is 38.9. The molecule has 0 radical (unpaired) electrons. The largest absolute Gasteiger partial charge is 0.451 e. The van der Waals surface area contributed by atoms with Gasteiger partial charge in [0.25, 0.3) is 0 Å². The normalized spacial score (nSPS) is 17.3. The van der Waals surface area contributed by atoms with E-state index in [4.69, 9.17) is 0 Å². The zero-order chi connectivity index (χ0) is 13.2. The van der Waals surface area contributed by atoms with Crippen molar-refractivity contribution in [1.29, 1.82) is 0 Å². The number of hydrogen-bond acceptors (Lipinski definition) is 4. The zero-order valence-electron chi connectivity index (χ0n) is 9.56. The fraction of sp³-hybridized carbons (Fsp3) is 0.600. The second kappa shape index (κ2) is 5.31. The molecular formula is C10H13F3N4S. The minimum atomic E-state index is -4.43. The highest BCUT2D eigenvalue weighted by Gasteiger charge is 2.39. The van der Waals surface area contributed by atoms with Crippen LogP contribution in [0.4, 0.5) is 13.2 Å². The number of aromatic nitrogens is 3. The second-order valence-electron chi connectivity index (χ2n) is 3.98. The van der Waals surface area contributed by atoms with Crippen LogP contribution in [0.2, 0.25) is 0 Å². The highest BCUT2D eigenvalue weighted by molar-refractivity contribution is 7.80. The van der Waals surface area contributed by atoms with Crippen molar-refractivity contribution in [3.8, 4) is 0 Å². The summed E-state index contributed by atoms with van der Waals surface area (Å²) in [4.78, 5) is 2.02. The molecule has 0 aromatic carbocycles. The Balaban J connectivity index is 2.08. The van der Waals surface area contributed by atoms with E-state index in [0.29, 0.717) is 31.2 Å². The number of fused-ring (bicyclic) bond motifs is 1. The van der Waals surface area contributed by atoms with Crippen molar-refractivity contribution in [3.63, 3.8) is 0 Å². The van der Waals surface area contributed by atoms with Crippen molar-refractivity contribution in [2.24, 2.45) is 0 Å². The molecule has 0 saturated carbocycles. The molecule has 0 bridgehead atoms. The topological polar surface area (TPSA) is 34.0 Å². The molecule has 0 N–H and O–H groups in total. The van der Waals surface area contributed by atoms with Gasteiger partial charge in [-0.25, -0.2) is 0 Å². The summed E-state index contributed by atoms with van der Waals surface area (Å²) in [5, 5.41) is 6.84. The van der Waals surface area contributed by atoms with Crippen molar-refractivity contribution < 1.29 is 13.2 Å². The standard InChI is InChI=1S/C10H13F3N4S/c11-10(12,13)9-15-14-8-7-16(3-1-2-6-18)4-5-17(8)9/h1-2,18H,3-7H2. The monoisotopic (exact) mass is 278 g/mol. The van der Waals surface area contributed by atoms with E-state index in [9.17, 15) is 13.2 Å². The van der Waals surface area contributed by atoms with Crippen LogP contribution in [-0.2, 0) is 19.3 Å². The summed E-state index contributed by atoms with van der Waals surface area (Å²) in [5.41, 5.74) is 0. The first-order valence-corrected chi connectivity index (χ1v) is 6.13. The molecule has 18 heavy (non-hydrogen) atoms. The number of hydrogen-bond donors (Lipinski definition) is 1. The lowest BCUT2D eigenvalue weighted by atomic mass is 10.3. The van der Waals surface area contributed by atoms with Crippen LogP contribution in [0.3, 0.4) is 0 Å². The summed E-state index contributed by atoms with van der Waals surface area (Å²) in [6.07, 6.45) is -0.577. The van der Waals surface area contributed by atoms with Gasteiger partial charge in [0.05, 0.1) is 6.54 Å². The Kier molecular flexibility index (Phi) is 3.96. The summed E-state index contributed by atoms with van der Waals surface area (Å²) in [6.45, 7) is 1.91. The van der Waals surface area contributed by atoms with E-state index in [1.54, 1.807) is 0 Å². The maximum absolute atomic E-state index is 12.6. The predicted octanol–water partition coefficient (Wildman–Crippen LogP) is 1.60. The van der Waals surface area contributed by atoms with Gasteiger partial charge in [0.15, 0.2) is 0 Å². The van der Waals surface area contributed by atoms with Crippen molar-refractivity contribution in [3.05, 3.63) is 23.8 Å². The average Bonchev–Trinajstić information content (AvgIpc) is 2.72. The maximum Gasteiger partial charge on any atom is 0.451 e. The van der Waals surface area contributed by atoms with Crippen LogP contribution in [0, 0.1) is 0 Å². The van der Waals surface area contributed by atoms with Crippen molar-refractivity contribution in [2.45, 2.75) is 19.3 Å². The smallest absolute Gasteiger partial charge is 0.305 e. The molecule has 1 aromatic heterocycles. The maximum atomic E-state index is 12.6. The van der Waals surface area contributed by atoms with Gasteiger partial charge >= 0.3 is 6.18 Å². The number of nitrogens with zero attached hydrogens (tertiary/aromatic N) is 4. The Morgan fingerprint density at radius 1 is 1.22 bits per heavy atom. The van der Waals surface area contributed by atoms with Gasteiger partial charge in [0.1, 0.15) is 5.82 Å². The second-order valence-corrected chi connectivity index (χ2v) is 4.34. The Morgan fingerprint density at radius 2 is 2.00 bits per heavy atom. The molecular weight excluding hydrogens is 265 g/mol. The number of alkyl halides is 3. The lowest BCUT2D eigenvalue weighted by Gasteiger charge is -2.26. The van der Waals surface area contributed by atoms with Gasteiger partial charge in [-0.15, -0.1) is 10.2 Å². The third-order valence-corrected chi connectivity index (χ3v) is 2.93. The third-order valence-electron chi connectivity index (χ3n) is 2.72. The van der Waals surface area contributed by atoms with Crippen molar-refractivity contribution in [2.75, 3.05) is 18.8 Å². The summed E-state index contributed by atoms with van der Waals surface area (Å²) >= 11 is 4.04. The van der Waals surface area contributed by atoms with Crippen LogP contribution in [0.25, 0.3) is 0 Å². The molecule has 1 aliphatic heterocycles. The van der Waals surface area contributed by atoms with Gasteiger partial charge in [-0.1, -0.05) is 12.2 Å². The zero-order valence-corrected chi connectivity index (χ0v) is 10.5. The molecule has 0 spiro atoms. The van der Waals surface area contributed by atoms with Crippen molar-refractivity contribution in [1.82, 2.24) is 19.7 Å². The third kappa shape index (κ3) is 2.86. The van der Waals surface area contributed by atoms with E-state index in [1.807, 2.05) is 17.1 Å². The number of thiol groups is 1. The highest BCUT2D eigenvalue weighted by atomic mass is 32.1. The molecule has 100 valence electrons. The highest BCUT2D eigenvalue weighted by Crippen LogP contribution is 2.29. The van der Waals surface area contributed by atoms with Gasteiger partial charge < -0.3 is 4.57 Å². The molecule has 8 heteroatoms. The molecule has 0 aliphatic carbocycles. The van der Waals surface area contributed by atoms with Crippen LogP contribution in [0.1, 0.15) is 11.6 Å². The van der Waals surface area contributed by atoms with Gasteiger partial charge in [-0.05, 0) is 0 Å². The molecule has 4 nitrogen and oxygen atoms in total. The Hall–Kier alpha value is -1.02. The van der Waals surface area contributed by atoms with Gasteiger partial charge in [-0.3, -0.25) is 4.90 Å². The van der Waals surface area contributed by atoms with Crippen LogP contribution in [0.15, 0.2) is 12.2 Å². The van der Waals surface area contributed by atoms with E-state index >= 15 is 0 Å². The summed E-state index contributed by atoms with van der Waals surface area (Å²) in [5.74, 6) is 0.123. The van der Waals surface area contributed by atoms with E-state index in [2.05, 4.69) is 22.8 Å². The lowest BCUT2D eigenvalue weighted by Crippen LogP contribution is -2.35. The van der Waals surface area contributed by atoms with Crippen LogP contribution >= 0.6 is 12.6 Å². The van der Waals surface area contributed by atoms with Crippen LogP contribution < -0.4 is 0 Å². The van der Waals surface area contributed by atoms with Gasteiger partial charge in [-0.2, -0.15) is 25.8 Å². The van der Waals surface area contributed by atoms with Crippen LogP contribution in [-0.4, -0.2) is 38.5 Å². The fourth-order valence-corrected chi connectivity index (χ4v) is 2.02. The van der Waals surface area contributed by atoms with Gasteiger partial charge in [0, 0.05) is 25.4 Å². The van der Waals surface area contributed by atoms with Crippen LogP contribution in [0.5, 0.6) is 0 Å². The SMILES string of the molecule is FC(F)(F)c1nnc2n1CCN(CC=CCS)C2. The lowest BCUT2D eigenvalue weighted by molar-refractivity contribution is -0.148. The molecule has 0 saturated heterocycles. The van der Waals surface area contributed by atoms with Crippen molar-refractivity contribution >= 4 is 12.6 Å². The Labute approximate surface area is 108 Å². The first kappa shape index (κ1) is 13.4. The Bertz CT molecular complexity index is 441. The van der Waals surface area contributed by atoms with E-state index in [1.165, 1.54) is 0 Å². The summed E-state index contributed by atoms with van der Waals surface area (Å²) in [7, 11) is 0. The average molecular weight is 278 g/mol.